The van der Waals surface area contributed by atoms with Crippen LogP contribution in [-0.4, -0.2) is 42.4 Å². The summed E-state index contributed by atoms with van der Waals surface area (Å²) >= 11 is 0. The molecule has 1 fully saturated rings. The molecule has 0 spiro atoms. The molecule has 1 aliphatic heterocycles. The largest absolute Gasteiger partial charge is 0.494 e. The molecule has 0 saturated carbocycles. The molecule has 3 heteroatoms. The Kier molecular flexibility index (Phi) is 5.08. The van der Waals surface area contributed by atoms with Gasteiger partial charge in [-0.2, -0.15) is 0 Å². The van der Waals surface area contributed by atoms with Crippen LogP contribution in [0.4, 0.5) is 0 Å². The molecule has 0 unspecified atom stereocenters. The quantitative estimate of drug-likeness (QED) is 0.743. The molecule has 2 rings (SSSR count). The molecular formula is C14H23NO2. The maximum atomic E-state index is 9.40. The number of aliphatic hydroxyl groups excluding tert-OH is 1. The third kappa shape index (κ3) is 4.52. The first-order valence-electron chi connectivity index (χ1n) is 6.74. The summed E-state index contributed by atoms with van der Waals surface area (Å²) in [4.78, 5) is 2.42. The molecule has 0 aromatic heterocycles. The highest BCUT2D eigenvalue weighted by Gasteiger charge is 2.16. The number of hydrogen-bond donors (Lipinski definition) is 1. The van der Waals surface area contributed by atoms with Crippen LogP contribution in [-0.2, 0) is 4.74 Å². The molecule has 0 aromatic rings. The first-order chi connectivity index (χ1) is 8.34. The van der Waals surface area contributed by atoms with Crippen molar-refractivity contribution in [1.29, 1.82) is 0 Å². The maximum absolute atomic E-state index is 9.40. The lowest BCUT2D eigenvalue weighted by Gasteiger charge is -2.29. The highest BCUT2D eigenvalue weighted by molar-refractivity contribution is 5.15. The lowest BCUT2D eigenvalue weighted by Crippen LogP contribution is -2.36. The van der Waals surface area contributed by atoms with Gasteiger partial charge in [-0.1, -0.05) is 6.08 Å². The zero-order chi connectivity index (χ0) is 11.9. The number of ether oxygens (including phenoxy) is 1. The molecule has 3 nitrogen and oxygen atoms in total. The number of likely N-dealkylation sites (tertiary alicyclic amines) is 1. The molecule has 1 heterocycles. The van der Waals surface area contributed by atoms with E-state index < -0.39 is 0 Å². The minimum Gasteiger partial charge on any atom is -0.494 e. The van der Waals surface area contributed by atoms with Crippen LogP contribution in [0, 0.1) is 0 Å². The standard InChI is InChI=1S/C14H23NO2/c16-13-7-10-15(11-8-13)9-4-12-17-14-5-2-1-3-6-14/h2,5-6,13,16H,1,3-4,7-12H2. The molecule has 2 aliphatic rings. The molecule has 96 valence electrons. The fourth-order valence-electron chi connectivity index (χ4n) is 2.32. The van der Waals surface area contributed by atoms with Crippen LogP contribution in [0.15, 0.2) is 24.0 Å². The first kappa shape index (κ1) is 12.7. The zero-order valence-corrected chi connectivity index (χ0v) is 10.5. The van der Waals surface area contributed by atoms with Gasteiger partial charge in [-0.05, 0) is 44.3 Å². The SMILES string of the molecule is OC1CCN(CCCOC2=CCCC=C2)CC1. The number of nitrogens with zero attached hydrogens (tertiary/aromatic N) is 1. The summed E-state index contributed by atoms with van der Waals surface area (Å²) in [5.74, 6) is 1.03. The Hall–Kier alpha value is -0.800. The Balaban J connectivity index is 1.54. The number of allylic oxidation sites excluding steroid dienone is 3. The number of aliphatic hydroxyl groups is 1. The highest BCUT2D eigenvalue weighted by atomic mass is 16.5. The molecule has 0 atom stereocenters. The van der Waals surface area contributed by atoms with Gasteiger partial charge < -0.3 is 14.7 Å². The monoisotopic (exact) mass is 237 g/mol. The van der Waals surface area contributed by atoms with Gasteiger partial charge >= 0.3 is 0 Å². The van der Waals surface area contributed by atoms with Crippen molar-refractivity contribution < 1.29 is 9.84 Å². The van der Waals surface area contributed by atoms with Gasteiger partial charge in [0.25, 0.3) is 0 Å². The van der Waals surface area contributed by atoms with Crippen LogP contribution in [0.25, 0.3) is 0 Å². The summed E-state index contributed by atoms with van der Waals surface area (Å²) in [5.41, 5.74) is 0. The predicted molar refractivity (Wildman–Crippen MR) is 68.7 cm³/mol. The second kappa shape index (κ2) is 6.82. The lowest BCUT2D eigenvalue weighted by atomic mass is 10.1. The van der Waals surface area contributed by atoms with Gasteiger partial charge in [0.15, 0.2) is 0 Å². The third-order valence-corrected chi connectivity index (χ3v) is 3.41. The Morgan fingerprint density at radius 2 is 2.12 bits per heavy atom. The fraction of sp³-hybridized carbons (Fsp3) is 0.714. The van der Waals surface area contributed by atoms with E-state index in [1.54, 1.807) is 0 Å². The van der Waals surface area contributed by atoms with Crippen molar-refractivity contribution >= 4 is 0 Å². The van der Waals surface area contributed by atoms with Gasteiger partial charge in [-0.3, -0.25) is 0 Å². The molecule has 0 bridgehead atoms. The van der Waals surface area contributed by atoms with E-state index in [9.17, 15) is 5.11 Å². The lowest BCUT2D eigenvalue weighted by molar-refractivity contribution is 0.0781. The summed E-state index contributed by atoms with van der Waals surface area (Å²) in [6.07, 6.45) is 11.5. The van der Waals surface area contributed by atoms with E-state index in [1.165, 1.54) is 0 Å². The van der Waals surface area contributed by atoms with E-state index in [4.69, 9.17) is 4.74 Å². The van der Waals surface area contributed by atoms with Crippen molar-refractivity contribution in [2.45, 2.75) is 38.2 Å². The van der Waals surface area contributed by atoms with Gasteiger partial charge in [-0.15, -0.1) is 0 Å². The Morgan fingerprint density at radius 1 is 1.29 bits per heavy atom. The summed E-state index contributed by atoms with van der Waals surface area (Å²) in [5, 5.41) is 9.40. The normalized spacial score (nSPS) is 22.5. The van der Waals surface area contributed by atoms with Crippen LogP contribution >= 0.6 is 0 Å². The van der Waals surface area contributed by atoms with Crippen LogP contribution < -0.4 is 0 Å². The molecular weight excluding hydrogens is 214 g/mol. The van der Waals surface area contributed by atoms with Crippen LogP contribution in [0.1, 0.15) is 32.1 Å². The topological polar surface area (TPSA) is 32.7 Å². The van der Waals surface area contributed by atoms with Gasteiger partial charge in [0.05, 0.1) is 12.7 Å². The summed E-state index contributed by atoms with van der Waals surface area (Å²) in [6.45, 7) is 3.95. The van der Waals surface area contributed by atoms with E-state index in [1.807, 2.05) is 0 Å². The summed E-state index contributed by atoms with van der Waals surface area (Å²) < 4.78 is 5.69. The Labute approximate surface area is 104 Å². The van der Waals surface area contributed by atoms with E-state index in [0.29, 0.717) is 0 Å². The molecule has 17 heavy (non-hydrogen) atoms. The third-order valence-electron chi connectivity index (χ3n) is 3.41. The van der Waals surface area contributed by atoms with Crippen molar-refractivity contribution in [3.8, 4) is 0 Å². The second-order valence-electron chi connectivity index (χ2n) is 4.86. The molecule has 0 radical (unpaired) electrons. The highest BCUT2D eigenvalue weighted by Crippen LogP contribution is 2.12. The summed E-state index contributed by atoms with van der Waals surface area (Å²) in [6, 6.07) is 0. The first-order valence-corrected chi connectivity index (χ1v) is 6.74. The van der Waals surface area contributed by atoms with Gasteiger partial charge in [0, 0.05) is 19.6 Å². The van der Waals surface area contributed by atoms with E-state index in [0.717, 1.165) is 64.1 Å². The smallest absolute Gasteiger partial charge is 0.115 e. The molecule has 1 saturated heterocycles. The van der Waals surface area contributed by atoms with E-state index >= 15 is 0 Å². The van der Waals surface area contributed by atoms with Gasteiger partial charge in [0.1, 0.15) is 5.76 Å². The van der Waals surface area contributed by atoms with Crippen molar-refractivity contribution in [3.63, 3.8) is 0 Å². The Bertz CT molecular complexity index is 278. The van der Waals surface area contributed by atoms with Crippen LogP contribution in [0.5, 0.6) is 0 Å². The second-order valence-corrected chi connectivity index (χ2v) is 4.86. The summed E-state index contributed by atoms with van der Waals surface area (Å²) in [7, 11) is 0. The zero-order valence-electron chi connectivity index (χ0n) is 10.5. The minimum absolute atomic E-state index is 0.0694. The molecule has 1 aliphatic carbocycles. The van der Waals surface area contributed by atoms with Crippen LogP contribution in [0.2, 0.25) is 0 Å². The van der Waals surface area contributed by atoms with Crippen LogP contribution in [0.3, 0.4) is 0 Å². The average Bonchev–Trinajstić information content (AvgIpc) is 2.38. The number of rotatable bonds is 5. The molecule has 0 amide bonds. The fourth-order valence-corrected chi connectivity index (χ4v) is 2.32. The predicted octanol–water partition coefficient (Wildman–Crippen LogP) is 2.08. The maximum Gasteiger partial charge on any atom is 0.115 e. The van der Waals surface area contributed by atoms with Gasteiger partial charge in [0.2, 0.25) is 0 Å². The van der Waals surface area contributed by atoms with Crippen molar-refractivity contribution in [2.24, 2.45) is 0 Å². The van der Waals surface area contributed by atoms with Crippen molar-refractivity contribution in [3.05, 3.63) is 24.0 Å². The molecule has 0 aromatic carbocycles. The van der Waals surface area contributed by atoms with Crippen molar-refractivity contribution in [2.75, 3.05) is 26.2 Å². The van der Waals surface area contributed by atoms with Gasteiger partial charge in [-0.25, -0.2) is 0 Å². The van der Waals surface area contributed by atoms with E-state index in [-0.39, 0.29) is 6.10 Å². The molecule has 1 N–H and O–H groups in total. The minimum atomic E-state index is -0.0694. The Morgan fingerprint density at radius 3 is 2.82 bits per heavy atom. The average molecular weight is 237 g/mol. The number of piperidine rings is 1. The van der Waals surface area contributed by atoms with E-state index in [2.05, 4.69) is 23.1 Å². The number of hydrogen-bond acceptors (Lipinski definition) is 3. The van der Waals surface area contributed by atoms with Crippen molar-refractivity contribution in [1.82, 2.24) is 4.90 Å².